The number of hydrogen-bond donors (Lipinski definition) is 1. The topological polar surface area (TPSA) is 43.3 Å². The average Bonchev–Trinajstić information content (AvgIpc) is 2.68. The SMILES string of the molecule is NCCC1(c2cnc3ccccn23)CCC1. The Morgan fingerprint density at radius 3 is 2.94 bits per heavy atom. The van der Waals surface area contributed by atoms with Crippen LogP contribution in [-0.2, 0) is 5.41 Å². The number of hydrogen-bond acceptors (Lipinski definition) is 2. The zero-order valence-corrected chi connectivity index (χ0v) is 9.39. The number of pyridine rings is 1. The number of aromatic nitrogens is 2. The van der Waals surface area contributed by atoms with Crippen molar-refractivity contribution in [2.24, 2.45) is 5.73 Å². The molecule has 3 nitrogen and oxygen atoms in total. The third-order valence-electron chi connectivity index (χ3n) is 3.89. The Bertz CT molecular complexity index is 497. The minimum Gasteiger partial charge on any atom is -0.330 e. The van der Waals surface area contributed by atoms with Gasteiger partial charge in [-0.3, -0.25) is 0 Å². The summed E-state index contributed by atoms with van der Waals surface area (Å²) in [6.07, 6.45) is 9.05. The van der Waals surface area contributed by atoms with Gasteiger partial charge in [0.1, 0.15) is 5.65 Å². The van der Waals surface area contributed by atoms with E-state index >= 15 is 0 Å². The quantitative estimate of drug-likeness (QED) is 0.852. The van der Waals surface area contributed by atoms with Crippen LogP contribution in [-0.4, -0.2) is 15.9 Å². The molecule has 1 aliphatic rings. The molecule has 0 spiro atoms. The highest BCUT2D eigenvalue weighted by Gasteiger charge is 2.39. The molecule has 84 valence electrons. The first-order chi connectivity index (χ1) is 7.86. The molecular formula is C13H17N3. The molecule has 0 aliphatic heterocycles. The van der Waals surface area contributed by atoms with Gasteiger partial charge in [0.05, 0.1) is 0 Å². The number of rotatable bonds is 3. The van der Waals surface area contributed by atoms with E-state index in [4.69, 9.17) is 5.73 Å². The van der Waals surface area contributed by atoms with Crippen molar-refractivity contribution in [3.8, 4) is 0 Å². The van der Waals surface area contributed by atoms with Gasteiger partial charge in [0.25, 0.3) is 0 Å². The van der Waals surface area contributed by atoms with E-state index in [-0.39, 0.29) is 0 Å². The van der Waals surface area contributed by atoms with Crippen LogP contribution in [0.2, 0.25) is 0 Å². The first kappa shape index (κ1) is 9.85. The fourth-order valence-corrected chi connectivity index (χ4v) is 2.84. The van der Waals surface area contributed by atoms with Gasteiger partial charge >= 0.3 is 0 Å². The molecule has 1 fully saturated rings. The maximum Gasteiger partial charge on any atom is 0.136 e. The molecule has 0 atom stereocenters. The summed E-state index contributed by atoms with van der Waals surface area (Å²) in [6, 6.07) is 6.15. The maximum atomic E-state index is 5.74. The molecular weight excluding hydrogens is 198 g/mol. The van der Waals surface area contributed by atoms with Crippen LogP contribution >= 0.6 is 0 Å². The van der Waals surface area contributed by atoms with Crippen molar-refractivity contribution < 1.29 is 0 Å². The maximum absolute atomic E-state index is 5.74. The Labute approximate surface area is 95.3 Å². The second-order valence-corrected chi connectivity index (χ2v) is 4.74. The molecule has 0 saturated heterocycles. The van der Waals surface area contributed by atoms with Gasteiger partial charge in [0.2, 0.25) is 0 Å². The lowest BCUT2D eigenvalue weighted by molar-refractivity contribution is 0.221. The van der Waals surface area contributed by atoms with Crippen LogP contribution < -0.4 is 5.73 Å². The van der Waals surface area contributed by atoms with Crippen molar-refractivity contribution in [2.75, 3.05) is 6.54 Å². The number of nitrogens with two attached hydrogens (primary N) is 1. The van der Waals surface area contributed by atoms with E-state index in [1.165, 1.54) is 25.0 Å². The fraction of sp³-hybridized carbons (Fsp3) is 0.462. The second kappa shape index (κ2) is 3.59. The Kier molecular flexibility index (Phi) is 2.21. The van der Waals surface area contributed by atoms with Crippen LogP contribution in [0.25, 0.3) is 5.65 Å². The molecule has 2 aromatic heterocycles. The average molecular weight is 215 g/mol. The van der Waals surface area contributed by atoms with Gasteiger partial charge in [-0.25, -0.2) is 4.98 Å². The number of nitrogens with zero attached hydrogens (tertiary/aromatic N) is 2. The molecule has 3 heteroatoms. The summed E-state index contributed by atoms with van der Waals surface area (Å²) in [5.74, 6) is 0. The van der Waals surface area contributed by atoms with Gasteiger partial charge in [-0.05, 0) is 37.9 Å². The number of imidazole rings is 1. The molecule has 0 radical (unpaired) electrons. The summed E-state index contributed by atoms with van der Waals surface area (Å²) in [5.41, 5.74) is 8.44. The number of fused-ring (bicyclic) bond motifs is 1. The highest BCUT2D eigenvalue weighted by Crippen LogP contribution is 2.46. The van der Waals surface area contributed by atoms with Crippen molar-refractivity contribution in [3.63, 3.8) is 0 Å². The van der Waals surface area contributed by atoms with Crippen LogP contribution in [0.3, 0.4) is 0 Å². The van der Waals surface area contributed by atoms with Crippen LogP contribution in [0.1, 0.15) is 31.4 Å². The fourth-order valence-electron chi connectivity index (χ4n) is 2.84. The largest absolute Gasteiger partial charge is 0.330 e. The Morgan fingerprint density at radius 2 is 2.25 bits per heavy atom. The van der Waals surface area contributed by atoms with Gasteiger partial charge in [-0.1, -0.05) is 12.5 Å². The summed E-state index contributed by atoms with van der Waals surface area (Å²) in [5, 5.41) is 0. The van der Waals surface area contributed by atoms with E-state index in [1.54, 1.807) is 0 Å². The lowest BCUT2D eigenvalue weighted by atomic mass is 9.64. The first-order valence-electron chi connectivity index (χ1n) is 5.98. The molecule has 0 aromatic carbocycles. The highest BCUT2D eigenvalue weighted by molar-refractivity contribution is 5.42. The van der Waals surface area contributed by atoms with E-state index in [9.17, 15) is 0 Å². The summed E-state index contributed by atoms with van der Waals surface area (Å²) >= 11 is 0. The van der Waals surface area contributed by atoms with E-state index in [0.717, 1.165) is 18.6 Å². The van der Waals surface area contributed by atoms with Crippen LogP contribution in [0.4, 0.5) is 0 Å². The van der Waals surface area contributed by atoms with E-state index in [2.05, 4.69) is 27.7 Å². The molecule has 2 N–H and O–H groups in total. The predicted molar refractivity (Wildman–Crippen MR) is 64.4 cm³/mol. The highest BCUT2D eigenvalue weighted by atomic mass is 15.0. The van der Waals surface area contributed by atoms with E-state index in [1.807, 2.05) is 12.3 Å². The summed E-state index contributed by atoms with van der Waals surface area (Å²) in [4.78, 5) is 4.47. The van der Waals surface area contributed by atoms with Crippen molar-refractivity contribution >= 4 is 5.65 Å². The smallest absolute Gasteiger partial charge is 0.136 e. The zero-order valence-electron chi connectivity index (χ0n) is 9.39. The lowest BCUT2D eigenvalue weighted by Gasteiger charge is -2.41. The van der Waals surface area contributed by atoms with Gasteiger partial charge in [-0.2, -0.15) is 0 Å². The third-order valence-corrected chi connectivity index (χ3v) is 3.89. The standard InChI is InChI=1S/C13H17N3/c14-8-7-13(5-3-6-13)11-10-15-12-4-1-2-9-16(11)12/h1-2,4,9-10H,3,5-8,14H2. The second-order valence-electron chi connectivity index (χ2n) is 4.74. The third kappa shape index (κ3) is 1.28. The monoisotopic (exact) mass is 215 g/mol. The van der Waals surface area contributed by atoms with Crippen molar-refractivity contribution in [1.82, 2.24) is 9.38 Å². The predicted octanol–water partition coefficient (Wildman–Crippen LogP) is 2.10. The Balaban J connectivity index is 2.10. The van der Waals surface area contributed by atoms with Crippen molar-refractivity contribution in [3.05, 3.63) is 36.3 Å². The van der Waals surface area contributed by atoms with Crippen LogP contribution in [0, 0.1) is 0 Å². The summed E-state index contributed by atoms with van der Waals surface area (Å²) in [6.45, 7) is 0.764. The van der Waals surface area contributed by atoms with E-state index in [0.29, 0.717) is 5.41 Å². The minimum atomic E-state index is 0.301. The Hall–Kier alpha value is -1.35. The Morgan fingerprint density at radius 1 is 1.38 bits per heavy atom. The van der Waals surface area contributed by atoms with Crippen LogP contribution in [0.5, 0.6) is 0 Å². The molecule has 1 aliphatic carbocycles. The molecule has 2 heterocycles. The lowest BCUT2D eigenvalue weighted by Crippen LogP contribution is -2.37. The molecule has 3 rings (SSSR count). The molecule has 0 amide bonds. The minimum absolute atomic E-state index is 0.301. The van der Waals surface area contributed by atoms with Crippen LogP contribution in [0.15, 0.2) is 30.6 Å². The van der Waals surface area contributed by atoms with Gasteiger partial charge in [0.15, 0.2) is 0 Å². The van der Waals surface area contributed by atoms with E-state index < -0.39 is 0 Å². The van der Waals surface area contributed by atoms with Gasteiger partial charge < -0.3 is 10.1 Å². The molecule has 16 heavy (non-hydrogen) atoms. The summed E-state index contributed by atoms with van der Waals surface area (Å²) < 4.78 is 2.22. The van der Waals surface area contributed by atoms with Crippen molar-refractivity contribution in [1.29, 1.82) is 0 Å². The van der Waals surface area contributed by atoms with Crippen molar-refractivity contribution in [2.45, 2.75) is 31.1 Å². The summed E-state index contributed by atoms with van der Waals surface area (Å²) in [7, 11) is 0. The molecule has 0 bridgehead atoms. The molecule has 2 aromatic rings. The molecule has 1 saturated carbocycles. The van der Waals surface area contributed by atoms with Gasteiger partial charge in [0, 0.05) is 23.5 Å². The first-order valence-corrected chi connectivity index (χ1v) is 5.98. The molecule has 0 unspecified atom stereocenters. The zero-order chi connectivity index (χ0) is 11.0. The normalized spacial score (nSPS) is 18.6. The van der Waals surface area contributed by atoms with Gasteiger partial charge in [-0.15, -0.1) is 0 Å².